The predicted molar refractivity (Wildman–Crippen MR) is 192 cm³/mol. The third kappa shape index (κ3) is 4.31. The molecule has 0 radical (unpaired) electrons. The van der Waals surface area contributed by atoms with Crippen molar-refractivity contribution in [2.75, 3.05) is 4.90 Å². The van der Waals surface area contributed by atoms with Crippen LogP contribution >= 0.6 is 0 Å². The molecule has 45 heavy (non-hydrogen) atoms. The summed E-state index contributed by atoms with van der Waals surface area (Å²) in [6.07, 6.45) is 0. The van der Waals surface area contributed by atoms with E-state index < -0.39 is 0 Å². The molecule has 0 saturated carbocycles. The quantitative estimate of drug-likeness (QED) is 0.200. The van der Waals surface area contributed by atoms with Gasteiger partial charge < -0.3 is 9.47 Å². The van der Waals surface area contributed by atoms with Crippen molar-refractivity contribution in [2.45, 2.75) is 45.4 Å². The van der Waals surface area contributed by atoms with Crippen LogP contribution in [0.15, 0.2) is 140 Å². The van der Waals surface area contributed by atoms with Crippen LogP contribution in [-0.2, 0) is 10.8 Å². The highest BCUT2D eigenvalue weighted by Gasteiger charge is 2.36. The van der Waals surface area contributed by atoms with Gasteiger partial charge in [0.25, 0.3) is 0 Å². The SMILES string of the molecule is CC(C)(C)c1ccc(N(c2ccccc2)c2ccc3c(c2)C(C)(C)c2cc(-n4c5ccccc5c5ccccc54)ccc2-3)cc1. The number of hydrogen-bond donors (Lipinski definition) is 0. The first-order valence-corrected chi connectivity index (χ1v) is 16.0. The van der Waals surface area contributed by atoms with Gasteiger partial charge in [-0.2, -0.15) is 0 Å². The Labute approximate surface area is 266 Å². The monoisotopic (exact) mass is 582 g/mol. The normalized spacial score (nSPS) is 13.6. The Balaban J connectivity index is 1.25. The lowest BCUT2D eigenvalue weighted by molar-refractivity contribution is 0.590. The number of para-hydroxylation sites is 3. The maximum absolute atomic E-state index is 2.42. The van der Waals surface area contributed by atoms with Crippen LogP contribution in [0.5, 0.6) is 0 Å². The van der Waals surface area contributed by atoms with E-state index in [9.17, 15) is 0 Å². The molecule has 1 aliphatic rings. The van der Waals surface area contributed by atoms with E-state index >= 15 is 0 Å². The zero-order valence-electron chi connectivity index (χ0n) is 26.7. The molecule has 0 aliphatic heterocycles. The van der Waals surface area contributed by atoms with Crippen LogP contribution in [0.2, 0.25) is 0 Å². The summed E-state index contributed by atoms with van der Waals surface area (Å²) in [5, 5.41) is 2.58. The summed E-state index contributed by atoms with van der Waals surface area (Å²) in [6.45, 7) is 11.6. The van der Waals surface area contributed by atoms with Crippen molar-refractivity contribution in [1.29, 1.82) is 0 Å². The predicted octanol–water partition coefficient (Wildman–Crippen LogP) is 11.9. The number of aromatic nitrogens is 1. The average molecular weight is 583 g/mol. The number of nitrogens with zero attached hydrogens (tertiary/aromatic N) is 2. The minimum Gasteiger partial charge on any atom is -0.310 e. The van der Waals surface area contributed by atoms with Crippen LogP contribution in [0.4, 0.5) is 17.1 Å². The number of anilines is 3. The van der Waals surface area contributed by atoms with Crippen molar-refractivity contribution in [2.24, 2.45) is 0 Å². The lowest BCUT2D eigenvalue weighted by Crippen LogP contribution is -2.17. The molecule has 0 atom stereocenters. The summed E-state index contributed by atoms with van der Waals surface area (Å²) >= 11 is 0. The number of fused-ring (bicyclic) bond motifs is 6. The van der Waals surface area contributed by atoms with Gasteiger partial charge in [-0.3, -0.25) is 0 Å². The summed E-state index contributed by atoms with van der Waals surface area (Å²) in [6, 6.07) is 51.4. The Morgan fingerprint density at radius 3 is 1.64 bits per heavy atom. The molecule has 220 valence electrons. The van der Waals surface area contributed by atoms with Crippen LogP contribution in [0.3, 0.4) is 0 Å². The molecule has 2 nitrogen and oxygen atoms in total. The molecule has 8 rings (SSSR count). The molecular weight excluding hydrogens is 544 g/mol. The Bertz CT molecular complexity index is 2160. The van der Waals surface area contributed by atoms with Gasteiger partial charge in [-0.05, 0) is 93.9 Å². The molecule has 0 unspecified atom stereocenters. The van der Waals surface area contributed by atoms with Crippen molar-refractivity contribution in [3.63, 3.8) is 0 Å². The number of hydrogen-bond acceptors (Lipinski definition) is 1. The minimum absolute atomic E-state index is 0.109. The fraction of sp³-hybridized carbons (Fsp3) is 0.163. The topological polar surface area (TPSA) is 8.17 Å². The van der Waals surface area contributed by atoms with Gasteiger partial charge in [0.2, 0.25) is 0 Å². The van der Waals surface area contributed by atoms with Crippen molar-refractivity contribution >= 4 is 38.9 Å². The number of rotatable bonds is 4. The van der Waals surface area contributed by atoms with Crippen molar-refractivity contribution in [3.05, 3.63) is 156 Å². The van der Waals surface area contributed by atoms with Crippen LogP contribution < -0.4 is 4.90 Å². The van der Waals surface area contributed by atoms with E-state index in [1.807, 2.05) is 0 Å². The van der Waals surface area contributed by atoms with Crippen LogP contribution in [0, 0.1) is 0 Å². The molecule has 1 aromatic heterocycles. The fourth-order valence-electron chi connectivity index (χ4n) is 7.33. The first kappa shape index (κ1) is 27.5. The zero-order valence-corrected chi connectivity index (χ0v) is 26.7. The maximum atomic E-state index is 2.42. The van der Waals surface area contributed by atoms with Crippen LogP contribution in [0.25, 0.3) is 38.6 Å². The molecule has 1 heterocycles. The zero-order chi connectivity index (χ0) is 30.9. The van der Waals surface area contributed by atoms with Crippen molar-refractivity contribution in [1.82, 2.24) is 4.57 Å². The first-order valence-electron chi connectivity index (χ1n) is 16.0. The lowest BCUT2D eigenvalue weighted by atomic mass is 9.82. The molecule has 0 amide bonds. The van der Waals surface area contributed by atoms with E-state index in [1.54, 1.807) is 0 Å². The van der Waals surface area contributed by atoms with Crippen LogP contribution in [-0.4, -0.2) is 4.57 Å². The van der Waals surface area contributed by atoms with E-state index in [0.717, 1.165) is 11.4 Å². The van der Waals surface area contributed by atoms with Gasteiger partial charge in [0.05, 0.1) is 11.0 Å². The third-order valence-corrected chi connectivity index (χ3v) is 9.75. The average Bonchev–Trinajstić information content (AvgIpc) is 3.50. The second-order valence-electron chi connectivity index (χ2n) is 13.9. The smallest absolute Gasteiger partial charge is 0.0541 e. The Kier molecular flexibility index (Phi) is 6.09. The molecule has 0 saturated heterocycles. The van der Waals surface area contributed by atoms with Gasteiger partial charge in [0.15, 0.2) is 0 Å². The Morgan fingerprint density at radius 2 is 1.02 bits per heavy atom. The largest absolute Gasteiger partial charge is 0.310 e. The second-order valence-corrected chi connectivity index (χ2v) is 13.9. The number of benzene rings is 6. The van der Waals surface area contributed by atoms with E-state index in [1.165, 1.54) is 61.0 Å². The maximum Gasteiger partial charge on any atom is 0.0541 e. The van der Waals surface area contributed by atoms with E-state index in [0.29, 0.717) is 0 Å². The van der Waals surface area contributed by atoms with E-state index in [2.05, 4.69) is 184 Å². The highest BCUT2D eigenvalue weighted by Crippen LogP contribution is 2.51. The standard InChI is InChI=1S/C43H38N2/c1-42(2,3)29-19-21-31(22-20-29)44(30-13-7-6-8-14-30)32-23-25-34-35-26-24-33(28-39(35)43(4,5)38(34)27-32)45-40-17-11-9-15-36(40)37-16-10-12-18-41(37)45/h6-28H,1-5H3. The first-order chi connectivity index (χ1) is 21.7. The molecule has 2 heteroatoms. The molecule has 0 fully saturated rings. The molecule has 0 bridgehead atoms. The van der Waals surface area contributed by atoms with Gasteiger partial charge in [0, 0.05) is 38.9 Å². The van der Waals surface area contributed by atoms with Crippen molar-refractivity contribution < 1.29 is 0 Å². The molecular formula is C43H38N2. The third-order valence-electron chi connectivity index (χ3n) is 9.75. The van der Waals surface area contributed by atoms with Crippen LogP contribution in [0.1, 0.15) is 51.3 Å². The molecule has 1 aliphatic carbocycles. The highest BCUT2D eigenvalue weighted by atomic mass is 15.1. The lowest BCUT2D eigenvalue weighted by Gasteiger charge is -2.29. The van der Waals surface area contributed by atoms with Gasteiger partial charge >= 0.3 is 0 Å². The fourth-order valence-corrected chi connectivity index (χ4v) is 7.33. The summed E-state index contributed by atoms with van der Waals surface area (Å²) in [4.78, 5) is 2.38. The summed E-state index contributed by atoms with van der Waals surface area (Å²) < 4.78 is 2.42. The molecule has 0 spiro atoms. The van der Waals surface area contributed by atoms with Gasteiger partial charge in [-0.1, -0.05) is 113 Å². The van der Waals surface area contributed by atoms with E-state index in [4.69, 9.17) is 0 Å². The van der Waals surface area contributed by atoms with Crippen molar-refractivity contribution in [3.8, 4) is 16.8 Å². The molecule has 0 N–H and O–H groups in total. The van der Waals surface area contributed by atoms with Gasteiger partial charge in [0.1, 0.15) is 0 Å². The molecule has 6 aromatic carbocycles. The van der Waals surface area contributed by atoms with Gasteiger partial charge in [-0.25, -0.2) is 0 Å². The van der Waals surface area contributed by atoms with Gasteiger partial charge in [-0.15, -0.1) is 0 Å². The highest BCUT2D eigenvalue weighted by molar-refractivity contribution is 6.09. The minimum atomic E-state index is -0.159. The summed E-state index contributed by atoms with van der Waals surface area (Å²) in [7, 11) is 0. The Hall–Kier alpha value is -5.08. The van der Waals surface area contributed by atoms with E-state index in [-0.39, 0.29) is 10.8 Å². The summed E-state index contributed by atoms with van der Waals surface area (Å²) in [5.74, 6) is 0. The second kappa shape index (κ2) is 9.97. The summed E-state index contributed by atoms with van der Waals surface area (Å²) in [5.41, 5.74) is 13.8. The molecule has 7 aromatic rings. The Morgan fingerprint density at radius 1 is 0.511 bits per heavy atom.